The first-order valence-corrected chi connectivity index (χ1v) is 11.0. The summed E-state index contributed by atoms with van der Waals surface area (Å²) in [7, 11) is 0. The Morgan fingerprint density at radius 3 is 2.81 bits per heavy atom. The van der Waals surface area contributed by atoms with Gasteiger partial charge in [-0.3, -0.25) is 14.3 Å². The lowest BCUT2D eigenvalue weighted by Crippen LogP contribution is -2.48. The molecular weight excluding hydrogens is 380 g/mol. The van der Waals surface area contributed by atoms with E-state index in [2.05, 4.69) is 21.6 Å². The van der Waals surface area contributed by atoms with E-state index in [1.54, 1.807) is 11.8 Å². The molecule has 0 spiro atoms. The summed E-state index contributed by atoms with van der Waals surface area (Å²) in [5, 5.41) is 4.86. The Labute approximate surface area is 168 Å². The summed E-state index contributed by atoms with van der Waals surface area (Å²) < 4.78 is 9.92. The number of carbonyl (C=O) groups is 1. The maximum atomic E-state index is 12.4. The molecule has 1 aromatic carbocycles. The van der Waals surface area contributed by atoms with E-state index in [4.69, 9.17) is 22.1 Å². The Bertz CT molecular complexity index is 860. The monoisotopic (exact) mass is 404 g/mol. The Morgan fingerprint density at radius 1 is 1.33 bits per heavy atom. The molecule has 1 saturated heterocycles. The van der Waals surface area contributed by atoms with Crippen LogP contribution in [-0.4, -0.2) is 55.9 Å². The molecule has 2 aromatic rings. The molecule has 1 aliphatic carbocycles. The zero-order chi connectivity index (χ0) is 18.8. The smallest absolute Gasteiger partial charge is 0.324 e. The van der Waals surface area contributed by atoms with Crippen molar-refractivity contribution in [1.82, 2.24) is 19.2 Å². The lowest BCUT2D eigenvalue weighted by Gasteiger charge is -2.33. The highest BCUT2D eigenvalue weighted by atomic mass is 32.2. The van der Waals surface area contributed by atoms with Crippen molar-refractivity contribution in [3.63, 3.8) is 0 Å². The molecular formula is C19H24N4O2S2. The van der Waals surface area contributed by atoms with Gasteiger partial charge in [-0.15, -0.1) is 0 Å². The van der Waals surface area contributed by atoms with Crippen LogP contribution in [0.5, 0.6) is 0 Å². The molecule has 0 bridgehead atoms. The third-order valence-electron chi connectivity index (χ3n) is 4.93. The predicted molar refractivity (Wildman–Crippen MR) is 109 cm³/mol. The van der Waals surface area contributed by atoms with Crippen LogP contribution >= 0.6 is 24.0 Å². The second kappa shape index (κ2) is 8.16. The van der Waals surface area contributed by atoms with Crippen molar-refractivity contribution in [3.05, 3.63) is 40.9 Å². The van der Waals surface area contributed by atoms with Crippen molar-refractivity contribution in [3.8, 4) is 5.69 Å². The van der Waals surface area contributed by atoms with Gasteiger partial charge in [0.05, 0.1) is 13.3 Å². The molecule has 2 heterocycles. The number of thioether (sulfide) groups is 1. The summed E-state index contributed by atoms with van der Waals surface area (Å²) in [5.74, 6) is 3.11. The quantitative estimate of drug-likeness (QED) is 0.544. The third kappa shape index (κ3) is 3.97. The van der Waals surface area contributed by atoms with Crippen molar-refractivity contribution in [1.29, 1.82) is 0 Å². The number of hydrogen-bond donors (Lipinski definition) is 0. The predicted octanol–water partition coefficient (Wildman–Crippen LogP) is 3.22. The zero-order valence-electron chi connectivity index (χ0n) is 15.4. The van der Waals surface area contributed by atoms with E-state index in [1.165, 1.54) is 0 Å². The van der Waals surface area contributed by atoms with E-state index in [-0.39, 0.29) is 12.0 Å². The van der Waals surface area contributed by atoms with Crippen molar-refractivity contribution in [2.75, 3.05) is 24.7 Å². The van der Waals surface area contributed by atoms with Gasteiger partial charge in [0.2, 0.25) is 4.77 Å². The highest BCUT2D eigenvalue weighted by Gasteiger charge is 2.33. The molecule has 0 radical (unpaired) electrons. The number of aromatic nitrogens is 3. The Balaban J connectivity index is 1.64. The summed E-state index contributed by atoms with van der Waals surface area (Å²) in [4.78, 5) is 14.5. The van der Waals surface area contributed by atoms with Gasteiger partial charge in [-0.05, 0) is 44.1 Å². The fraction of sp³-hybridized carbons (Fsp3) is 0.526. The van der Waals surface area contributed by atoms with E-state index in [0.717, 1.165) is 42.4 Å². The molecule has 2 aliphatic rings. The SMILES string of the molecule is CCOC(=O)C1CSCCN1Cn1nc(C2CC2)n(-c2ccccc2)c1=S. The largest absolute Gasteiger partial charge is 0.465 e. The van der Waals surface area contributed by atoms with Gasteiger partial charge in [0.1, 0.15) is 11.9 Å². The topological polar surface area (TPSA) is 52.3 Å². The second-order valence-electron chi connectivity index (χ2n) is 6.88. The molecule has 8 heteroatoms. The maximum Gasteiger partial charge on any atom is 0.324 e. The van der Waals surface area contributed by atoms with Gasteiger partial charge >= 0.3 is 5.97 Å². The van der Waals surface area contributed by atoms with E-state index in [0.29, 0.717) is 24.0 Å². The third-order valence-corrected chi connectivity index (χ3v) is 6.35. The van der Waals surface area contributed by atoms with Crippen LogP contribution in [0, 0.1) is 4.77 Å². The van der Waals surface area contributed by atoms with Gasteiger partial charge in [0.15, 0.2) is 0 Å². The van der Waals surface area contributed by atoms with Crippen LogP contribution in [-0.2, 0) is 16.2 Å². The summed E-state index contributed by atoms with van der Waals surface area (Å²) in [6.07, 6.45) is 2.31. The Hall–Kier alpha value is -1.64. The minimum Gasteiger partial charge on any atom is -0.465 e. The second-order valence-corrected chi connectivity index (χ2v) is 8.40. The first-order chi connectivity index (χ1) is 13.2. The first-order valence-electron chi connectivity index (χ1n) is 9.42. The van der Waals surface area contributed by atoms with Gasteiger partial charge in [-0.2, -0.15) is 16.9 Å². The molecule has 4 rings (SSSR count). The number of nitrogens with zero attached hydrogens (tertiary/aromatic N) is 4. The van der Waals surface area contributed by atoms with Gasteiger partial charge in [0, 0.05) is 29.7 Å². The molecule has 2 fully saturated rings. The van der Waals surface area contributed by atoms with Crippen LogP contribution in [0.25, 0.3) is 5.69 Å². The highest BCUT2D eigenvalue weighted by Crippen LogP contribution is 2.40. The van der Waals surface area contributed by atoms with Crippen LogP contribution < -0.4 is 0 Å². The van der Waals surface area contributed by atoms with Crippen LogP contribution in [0.15, 0.2) is 30.3 Å². The molecule has 1 aromatic heterocycles. The number of hydrogen-bond acceptors (Lipinski definition) is 6. The van der Waals surface area contributed by atoms with Crippen LogP contribution in [0.1, 0.15) is 31.5 Å². The summed E-state index contributed by atoms with van der Waals surface area (Å²) in [6, 6.07) is 9.92. The number of carbonyl (C=O) groups excluding carboxylic acids is 1. The number of para-hydroxylation sites is 1. The molecule has 0 amide bonds. The average Bonchev–Trinajstić information content (AvgIpc) is 3.48. The van der Waals surface area contributed by atoms with Crippen molar-refractivity contribution in [2.45, 2.75) is 38.4 Å². The van der Waals surface area contributed by atoms with Gasteiger partial charge < -0.3 is 4.74 Å². The molecule has 27 heavy (non-hydrogen) atoms. The highest BCUT2D eigenvalue weighted by molar-refractivity contribution is 7.99. The van der Waals surface area contributed by atoms with Crippen molar-refractivity contribution >= 4 is 29.9 Å². The molecule has 1 saturated carbocycles. The van der Waals surface area contributed by atoms with Crippen molar-refractivity contribution in [2.24, 2.45) is 0 Å². The van der Waals surface area contributed by atoms with Crippen molar-refractivity contribution < 1.29 is 9.53 Å². The number of esters is 1. The summed E-state index contributed by atoms with van der Waals surface area (Å²) in [5.41, 5.74) is 1.05. The van der Waals surface area contributed by atoms with Gasteiger partial charge in [-0.25, -0.2) is 4.68 Å². The lowest BCUT2D eigenvalue weighted by atomic mass is 10.3. The van der Waals surface area contributed by atoms with E-state index >= 15 is 0 Å². The summed E-state index contributed by atoms with van der Waals surface area (Å²) >= 11 is 7.57. The van der Waals surface area contributed by atoms with E-state index in [1.807, 2.05) is 29.8 Å². The molecule has 0 N–H and O–H groups in total. The fourth-order valence-corrected chi connectivity index (χ4v) is 4.78. The zero-order valence-corrected chi connectivity index (χ0v) is 17.0. The molecule has 144 valence electrons. The first kappa shape index (κ1) is 18.7. The number of ether oxygens (including phenoxy) is 1. The normalized spacial score (nSPS) is 20.6. The van der Waals surface area contributed by atoms with E-state index in [9.17, 15) is 4.79 Å². The van der Waals surface area contributed by atoms with Crippen LogP contribution in [0.3, 0.4) is 0 Å². The molecule has 6 nitrogen and oxygen atoms in total. The minimum atomic E-state index is -0.239. The van der Waals surface area contributed by atoms with Gasteiger partial charge in [-0.1, -0.05) is 18.2 Å². The Kier molecular flexibility index (Phi) is 5.66. The number of rotatable bonds is 6. The van der Waals surface area contributed by atoms with Crippen LogP contribution in [0.4, 0.5) is 0 Å². The van der Waals surface area contributed by atoms with E-state index < -0.39 is 0 Å². The Morgan fingerprint density at radius 2 is 2.11 bits per heavy atom. The molecule has 1 aliphatic heterocycles. The molecule has 1 unspecified atom stereocenters. The minimum absolute atomic E-state index is 0.152. The lowest BCUT2D eigenvalue weighted by molar-refractivity contribution is -0.149. The fourth-order valence-electron chi connectivity index (χ4n) is 3.38. The standard InChI is InChI=1S/C19H24N4O2S2/c1-2-25-18(24)16-12-27-11-10-21(16)13-22-19(26)23(15-6-4-3-5-7-15)17(20-22)14-8-9-14/h3-7,14,16H,2,8-13H2,1H3. The maximum absolute atomic E-state index is 12.4. The van der Waals surface area contributed by atoms with Crippen LogP contribution in [0.2, 0.25) is 0 Å². The average molecular weight is 405 g/mol. The summed E-state index contributed by atoms with van der Waals surface area (Å²) in [6.45, 7) is 3.59. The molecule has 1 atom stereocenters. The number of benzene rings is 1. The van der Waals surface area contributed by atoms with Gasteiger partial charge in [0.25, 0.3) is 0 Å².